The molecule has 166 valence electrons. The smallest absolute Gasteiger partial charge is 0.337 e. The van der Waals surface area contributed by atoms with Crippen LogP contribution in [0.2, 0.25) is 0 Å². The van der Waals surface area contributed by atoms with Crippen LogP contribution >= 0.6 is 0 Å². The number of aromatic nitrogens is 2. The first-order valence-electron chi connectivity index (χ1n) is 11.2. The third-order valence-corrected chi connectivity index (χ3v) is 6.64. The lowest BCUT2D eigenvalue weighted by molar-refractivity contribution is 0.0600. The number of nitrogens with zero attached hydrogens (tertiary/aromatic N) is 4. The molecule has 0 N–H and O–H groups in total. The predicted octanol–water partition coefficient (Wildman–Crippen LogP) is 3.20. The van der Waals surface area contributed by atoms with Gasteiger partial charge in [-0.05, 0) is 42.5 Å². The van der Waals surface area contributed by atoms with Gasteiger partial charge in [0.05, 0.1) is 19.2 Å². The molecule has 5 rings (SSSR count). The van der Waals surface area contributed by atoms with E-state index in [0.717, 1.165) is 38.2 Å². The Kier molecular flexibility index (Phi) is 6.01. The highest BCUT2D eigenvalue weighted by Gasteiger charge is 2.27. The zero-order chi connectivity index (χ0) is 21.9. The van der Waals surface area contributed by atoms with Gasteiger partial charge in [0, 0.05) is 37.8 Å². The number of ether oxygens (including phenoxy) is 1. The number of methoxy groups -OCH3 is 1. The number of fused-ring (bicyclic) bond motifs is 1. The second kappa shape index (κ2) is 9.22. The van der Waals surface area contributed by atoms with Crippen LogP contribution in [-0.2, 0) is 24.1 Å². The quantitative estimate of drug-likeness (QED) is 0.574. The first-order chi connectivity index (χ1) is 15.7. The van der Waals surface area contributed by atoms with E-state index in [0.29, 0.717) is 29.9 Å². The van der Waals surface area contributed by atoms with Crippen LogP contribution in [0.25, 0.3) is 11.4 Å². The molecule has 2 heterocycles. The molecule has 0 amide bonds. The second-order valence-electron chi connectivity index (χ2n) is 8.56. The normalized spacial score (nSPS) is 19.5. The topological polar surface area (TPSA) is 71.7 Å². The minimum atomic E-state index is -0.359. The van der Waals surface area contributed by atoms with Crippen molar-refractivity contribution in [2.24, 2.45) is 0 Å². The van der Waals surface area contributed by atoms with Crippen molar-refractivity contribution in [2.45, 2.75) is 31.8 Å². The van der Waals surface area contributed by atoms with Gasteiger partial charge in [0.2, 0.25) is 11.7 Å². The SMILES string of the molecule is COC(=O)c1ccc(-c2noc(CN3CCN([C@@H]4CCc5ccccc5C4)CC3)n2)cc1. The molecule has 2 aliphatic rings. The molecule has 3 aromatic rings. The maximum absolute atomic E-state index is 11.6. The molecule has 1 aliphatic heterocycles. The molecule has 0 spiro atoms. The summed E-state index contributed by atoms with van der Waals surface area (Å²) in [6.07, 6.45) is 3.60. The Hall–Kier alpha value is -3.03. The van der Waals surface area contributed by atoms with Gasteiger partial charge in [-0.2, -0.15) is 4.98 Å². The second-order valence-corrected chi connectivity index (χ2v) is 8.56. The summed E-state index contributed by atoms with van der Waals surface area (Å²) >= 11 is 0. The molecule has 1 saturated heterocycles. The number of benzene rings is 2. The minimum Gasteiger partial charge on any atom is -0.465 e. The first-order valence-corrected chi connectivity index (χ1v) is 11.2. The molecule has 32 heavy (non-hydrogen) atoms. The Morgan fingerprint density at radius 2 is 1.81 bits per heavy atom. The van der Waals surface area contributed by atoms with Crippen LogP contribution in [0.4, 0.5) is 0 Å². The van der Waals surface area contributed by atoms with Crippen LogP contribution in [-0.4, -0.2) is 65.2 Å². The number of rotatable bonds is 5. The Bertz CT molecular complexity index is 1070. The van der Waals surface area contributed by atoms with Gasteiger partial charge >= 0.3 is 5.97 Å². The third-order valence-electron chi connectivity index (χ3n) is 6.64. The maximum Gasteiger partial charge on any atom is 0.337 e. The summed E-state index contributed by atoms with van der Waals surface area (Å²) in [5.41, 5.74) is 4.35. The third kappa shape index (κ3) is 4.45. The molecule has 7 nitrogen and oxygen atoms in total. The van der Waals surface area contributed by atoms with E-state index in [1.165, 1.54) is 31.1 Å². The van der Waals surface area contributed by atoms with E-state index in [4.69, 9.17) is 9.26 Å². The van der Waals surface area contributed by atoms with Crippen LogP contribution in [0, 0.1) is 0 Å². The largest absolute Gasteiger partial charge is 0.465 e. The fraction of sp³-hybridized carbons (Fsp3) is 0.400. The van der Waals surface area contributed by atoms with Crippen molar-refractivity contribution in [1.29, 1.82) is 0 Å². The number of carbonyl (C=O) groups is 1. The number of esters is 1. The number of piperazine rings is 1. The van der Waals surface area contributed by atoms with Gasteiger partial charge in [-0.15, -0.1) is 0 Å². The van der Waals surface area contributed by atoms with E-state index < -0.39 is 0 Å². The Balaban J connectivity index is 1.14. The molecule has 0 bridgehead atoms. The van der Waals surface area contributed by atoms with Gasteiger partial charge < -0.3 is 9.26 Å². The van der Waals surface area contributed by atoms with Crippen molar-refractivity contribution >= 4 is 5.97 Å². The molecule has 2 aromatic carbocycles. The van der Waals surface area contributed by atoms with Gasteiger partial charge in [0.25, 0.3) is 0 Å². The van der Waals surface area contributed by atoms with E-state index >= 15 is 0 Å². The molecule has 1 aromatic heterocycles. The monoisotopic (exact) mass is 432 g/mol. The molecule has 0 unspecified atom stereocenters. The molecule has 1 atom stereocenters. The molecule has 0 saturated carbocycles. The summed E-state index contributed by atoms with van der Waals surface area (Å²) in [4.78, 5) is 21.2. The summed E-state index contributed by atoms with van der Waals surface area (Å²) in [6, 6.07) is 16.5. The van der Waals surface area contributed by atoms with Gasteiger partial charge in [-0.25, -0.2) is 4.79 Å². The highest BCUT2D eigenvalue weighted by molar-refractivity contribution is 5.89. The Labute approximate surface area is 188 Å². The summed E-state index contributed by atoms with van der Waals surface area (Å²) in [7, 11) is 1.37. The van der Waals surface area contributed by atoms with Crippen molar-refractivity contribution in [3.63, 3.8) is 0 Å². The van der Waals surface area contributed by atoms with Gasteiger partial charge in [0.1, 0.15) is 0 Å². The number of hydrogen-bond donors (Lipinski definition) is 0. The number of aryl methyl sites for hydroxylation is 1. The van der Waals surface area contributed by atoms with Crippen LogP contribution in [0.1, 0.15) is 33.8 Å². The van der Waals surface area contributed by atoms with E-state index in [1.807, 2.05) is 12.1 Å². The fourth-order valence-corrected chi connectivity index (χ4v) is 4.78. The lowest BCUT2D eigenvalue weighted by atomic mass is 9.87. The Morgan fingerprint density at radius 1 is 1.06 bits per heavy atom. The van der Waals surface area contributed by atoms with Gasteiger partial charge in [0.15, 0.2) is 0 Å². The summed E-state index contributed by atoms with van der Waals surface area (Å²) in [5.74, 6) is 0.801. The van der Waals surface area contributed by atoms with Crippen molar-refractivity contribution in [1.82, 2.24) is 19.9 Å². The zero-order valence-electron chi connectivity index (χ0n) is 18.4. The summed E-state index contributed by atoms with van der Waals surface area (Å²) in [6.45, 7) is 4.81. The minimum absolute atomic E-state index is 0.359. The van der Waals surface area contributed by atoms with E-state index in [-0.39, 0.29) is 5.97 Å². The number of hydrogen-bond acceptors (Lipinski definition) is 7. The average molecular weight is 433 g/mol. The average Bonchev–Trinajstić information content (AvgIpc) is 3.32. The van der Waals surface area contributed by atoms with E-state index in [9.17, 15) is 4.79 Å². The predicted molar refractivity (Wildman–Crippen MR) is 120 cm³/mol. The summed E-state index contributed by atoms with van der Waals surface area (Å²) in [5, 5.41) is 4.12. The van der Waals surface area contributed by atoms with E-state index in [1.54, 1.807) is 12.1 Å². The lowest BCUT2D eigenvalue weighted by Gasteiger charge is -2.40. The molecular weight excluding hydrogens is 404 g/mol. The number of carbonyl (C=O) groups excluding carboxylic acids is 1. The van der Waals surface area contributed by atoms with Crippen LogP contribution in [0.5, 0.6) is 0 Å². The van der Waals surface area contributed by atoms with Gasteiger partial charge in [-0.3, -0.25) is 9.80 Å². The first kappa shape index (κ1) is 20.8. The molecule has 1 aliphatic carbocycles. The standard InChI is InChI=1S/C25H28N4O3/c1-31-25(30)20-8-6-19(7-9-20)24-26-23(32-27-24)17-28-12-14-29(15-13-28)22-11-10-18-4-2-3-5-21(18)16-22/h2-9,22H,10-17H2,1H3/t22-/m1/s1. The van der Waals surface area contributed by atoms with Crippen molar-refractivity contribution in [3.8, 4) is 11.4 Å². The lowest BCUT2D eigenvalue weighted by Crippen LogP contribution is -2.51. The summed E-state index contributed by atoms with van der Waals surface area (Å²) < 4.78 is 10.2. The van der Waals surface area contributed by atoms with Crippen LogP contribution in [0.3, 0.4) is 0 Å². The Morgan fingerprint density at radius 3 is 2.56 bits per heavy atom. The maximum atomic E-state index is 11.6. The van der Waals surface area contributed by atoms with Crippen LogP contribution in [0.15, 0.2) is 53.1 Å². The molecule has 1 fully saturated rings. The molecular formula is C25H28N4O3. The molecule has 7 heteroatoms. The van der Waals surface area contributed by atoms with Crippen molar-refractivity contribution < 1.29 is 14.1 Å². The highest BCUT2D eigenvalue weighted by atomic mass is 16.5. The van der Waals surface area contributed by atoms with Crippen molar-refractivity contribution in [2.75, 3.05) is 33.3 Å². The molecule has 0 radical (unpaired) electrons. The zero-order valence-corrected chi connectivity index (χ0v) is 18.4. The highest BCUT2D eigenvalue weighted by Crippen LogP contribution is 2.25. The fourth-order valence-electron chi connectivity index (χ4n) is 4.78. The van der Waals surface area contributed by atoms with E-state index in [2.05, 4.69) is 44.2 Å². The van der Waals surface area contributed by atoms with Gasteiger partial charge in [-0.1, -0.05) is 41.6 Å². The van der Waals surface area contributed by atoms with Crippen LogP contribution < -0.4 is 0 Å². The van der Waals surface area contributed by atoms with Crippen molar-refractivity contribution in [3.05, 3.63) is 71.1 Å².